The van der Waals surface area contributed by atoms with Gasteiger partial charge in [0.05, 0.1) is 20.4 Å². The molecule has 0 heterocycles. The molecule has 0 bridgehead atoms. The topological polar surface area (TPSA) is 149 Å². The van der Waals surface area contributed by atoms with E-state index in [0.717, 1.165) is 0 Å². The Balaban J connectivity index is 4.16. The zero-order valence-electron chi connectivity index (χ0n) is 15.2. The molecule has 0 unspecified atom stereocenters. The molecule has 8 nitrogen and oxygen atoms in total. The number of carbonyl (C=O) groups is 2. The highest BCUT2D eigenvalue weighted by Crippen LogP contribution is 2.50. The van der Waals surface area contributed by atoms with Gasteiger partial charge in [0.2, 0.25) is 0 Å². The Labute approximate surface area is 151 Å². The first kappa shape index (κ1) is 24.5. The van der Waals surface area contributed by atoms with Gasteiger partial charge in [-0.2, -0.15) is 8.42 Å². The van der Waals surface area contributed by atoms with Crippen LogP contribution in [0.15, 0.2) is 0 Å². The second-order valence-electron chi connectivity index (χ2n) is 7.44. The van der Waals surface area contributed by atoms with Crippen LogP contribution in [0.1, 0.15) is 72.6 Å². The van der Waals surface area contributed by atoms with Gasteiger partial charge in [0, 0.05) is 25.7 Å². The van der Waals surface area contributed by atoms with Crippen molar-refractivity contribution in [3.8, 4) is 0 Å². The lowest BCUT2D eigenvalue weighted by atomic mass is 9.99. The van der Waals surface area contributed by atoms with Gasteiger partial charge < -0.3 is 13.7 Å². The van der Waals surface area contributed by atoms with E-state index in [2.05, 4.69) is 0 Å². The minimum Gasteiger partial charge on any atom is -0.308 e. The largest absolute Gasteiger partial charge is 0.308 e. The lowest BCUT2D eigenvalue weighted by molar-refractivity contribution is -0.120. The third-order valence-electron chi connectivity index (χ3n) is 4.36. The van der Waals surface area contributed by atoms with Gasteiger partial charge in [-0.15, -0.1) is 0 Å². The molecule has 0 aromatic carbocycles. The fourth-order valence-electron chi connectivity index (χ4n) is 1.88. The van der Waals surface area contributed by atoms with E-state index in [0.29, 0.717) is 6.42 Å². The number of Topliss-reactive ketones (excluding diaryl/α,β-unsaturated/α-hetero) is 2. The van der Waals surface area contributed by atoms with Crippen LogP contribution in [0.25, 0.3) is 0 Å². The number of rotatable bonds is 12. The normalized spacial score (nSPS) is 14.4. The Kier molecular flexibility index (Phi) is 8.73. The highest BCUT2D eigenvalue weighted by molar-refractivity contribution is 8.20. The summed E-state index contributed by atoms with van der Waals surface area (Å²) in [5.74, 6) is -0.336. The van der Waals surface area contributed by atoms with Crippen molar-refractivity contribution in [2.45, 2.75) is 82.1 Å². The van der Waals surface area contributed by atoms with Crippen LogP contribution in [0.4, 0.5) is 0 Å². The minimum atomic E-state index is -4.23. The van der Waals surface area contributed by atoms with Crippen LogP contribution < -0.4 is 0 Å². The average molecular weight is 403 g/mol. The summed E-state index contributed by atoms with van der Waals surface area (Å²) in [4.78, 5) is 23.6. The molecule has 0 aromatic rings. The molecule has 0 saturated heterocycles. The van der Waals surface area contributed by atoms with E-state index in [4.69, 9.17) is 4.55 Å². The van der Waals surface area contributed by atoms with Crippen LogP contribution in [0.5, 0.6) is 0 Å². The van der Waals surface area contributed by atoms with Crippen LogP contribution in [-0.4, -0.2) is 47.7 Å². The van der Waals surface area contributed by atoms with Crippen LogP contribution in [0.3, 0.4) is 0 Å². The molecule has 0 aliphatic carbocycles. The van der Waals surface area contributed by atoms with Crippen molar-refractivity contribution in [3.63, 3.8) is 0 Å². The van der Waals surface area contributed by atoms with Gasteiger partial charge in [-0.05, 0) is 47.0 Å². The molecule has 10 heteroatoms. The first-order valence-electron chi connectivity index (χ1n) is 8.00. The van der Waals surface area contributed by atoms with E-state index in [-0.39, 0.29) is 50.1 Å². The predicted octanol–water partition coefficient (Wildman–Crippen LogP) is 3.52. The molecule has 4 N–H and O–H groups in total. The molecular weight excluding hydrogens is 372 g/mol. The van der Waals surface area contributed by atoms with E-state index in [9.17, 15) is 31.7 Å². The molecular formula is C15H30O8S2. The Bertz CT molecular complexity index is 573. The van der Waals surface area contributed by atoms with Gasteiger partial charge in [0.1, 0.15) is 11.6 Å². The van der Waals surface area contributed by atoms with Crippen molar-refractivity contribution in [2.24, 2.45) is 0 Å². The fraction of sp³-hybridized carbons (Fsp3) is 0.867. The van der Waals surface area contributed by atoms with Gasteiger partial charge in [0.15, 0.2) is 0 Å². The van der Waals surface area contributed by atoms with Crippen molar-refractivity contribution < 1.29 is 36.2 Å². The standard InChI is InChI=1S/C15H30O8S2/c1-14(2,24(18,19)20)10-8-12(16)6-5-7-13(17)9-11-15(3,4)25(21,22)23/h18-20H,5-11H2,1-4H3,(H,21,22,23). The molecule has 0 aromatic heterocycles. The Hall–Kier alpha value is -0.520. The number of hydrogen-bond acceptors (Lipinski definition) is 7. The van der Waals surface area contributed by atoms with Crippen LogP contribution in [0.2, 0.25) is 0 Å². The monoisotopic (exact) mass is 402 g/mol. The van der Waals surface area contributed by atoms with Crippen molar-refractivity contribution in [1.29, 1.82) is 0 Å². The maximum absolute atomic E-state index is 11.8. The van der Waals surface area contributed by atoms with E-state index in [1.54, 1.807) is 0 Å². The molecule has 0 aliphatic rings. The summed E-state index contributed by atoms with van der Waals surface area (Å²) in [5, 5.41) is 0. The third kappa shape index (κ3) is 8.61. The maximum atomic E-state index is 11.8. The van der Waals surface area contributed by atoms with Gasteiger partial charge in [0.25, 0.3) is 10.1 Å². The molecule has 0 radical (unpaired) electrons. The molecule has 0 atom stereocenters. The van der Waals surface area contributed by atoms with Crippen LogP contribution >= 0.6 is 10.9 Å². The summed E-state index contributed by atoms with van der Waals surface area (Å²) < 4.78 is 56.6. The number of carbonyl (C=O) groups excluding carboxylic acids is 2. The van der Waals surface area contributed by atoms with Crippen LogP contribution in [0, 0.1) is 0 Å². The molecule has 25 heavy (non-hydrogen) atoms. The number of ketones is 2. The second kappa shape index (κ2) is 8.92. The highest BCUT2D eigenvalue weighted by atomic mass is 32.3. The van der Waals surface area contributed by atoms with Crippen molar-refractivity contribution in [3.05, 3.63) is 0 Å². The van der Waals surface area contributed by atoms with E-state index >= 15 is 0 Å². The predicted molar refractivity (Wildman–Crippen MR) is 97.5 cm³/mol. The molecule has 0 spiro atoms. The summed E-state index contributed by atoms with van der Waals surface area (Å²) in [7, 11) is -7.97. The maximum Gasteiger partial charge on any atom is 0.270 e. The van der Waals surface area contributed by atoms with Gasteiger partial charge in [-0.25, -0.2) is 0 Å². The second-order valence-corrected chi connectivity index (χ2v) is 11.6. The molecule has 0 amide bonds. The van der Waals surface area contributed by atoms with Gasteiger partial charge in [-0.3, -0.25) is 14.1 Å². The Morgan fingerprint density at radius 3 is 1.40 bits per heavy atom. The summed E-state index contributed by atoms with van der Waals surface area (Å²) >= 11 is 0. The van der Waals surface area contributed by atoms with Gasteiger partial charge >= 0.3 is 0 Å². The SMILES string of the molecule is CC(C)(CCC(=O)CCCC(=O)CCC(C)(C)S(=O)(=O)O)S(O)(O)O. The van der Waals surface area contributed by atoms with Crippen molar-refractivity contribution in [2.75, 3.05) is 0 Å². The summed E-state index contributed by atoms with van der Waals surface area (Å²) in [5.41, 5.74) is 0. The average Bonchev–Trinajstić information content (AvgIpc) is 2.40. The summed E-state index contributed by atoms with van der Waals surface area (Å²) in [6.45, 7) is 5.59. The molecule has 0 aliphatic heterocycles. The van der Waals surface area contributed by atoms with E-state index in [1.807, 2.05) is 0 Å². The Morgan fingerprint density at radius 2 is 1.08 bits per heavy atom. The zero-order chi connectivity index (χ0) is 20.1. The first-order chi connectivity index (χ1) is 11.0. The van der Waals surface area contributed by atoms with Crippen LogP contribution in [-0.2, 0) is 19.7 Å². The third-order valence-corrected chi connectivity index (χ3v) is 7.65. The zero-order valence-corrected chi connectivity index (χ0v) is 16.8. The smallest absolute Gasteiger partial charge is 0.270 e. The first-order valence-corrected chi connectivity index (χ1v) is 10.9. The lowest BCUT2D eigenvalue weighted by Gasteiger charge is -2.36. The molecule has 150 valence electrons. The summed E-state index contributed by atoms with van der Waals surface area (Å²) in [6, 6.07) is 0. The Morgan fingerprint density at radius 1 is 0.720 bits per heavy atom. The molecule has 0 fully saturated rings. The minimum absolute atomic E-state index is 0.000567. The quantitative estimate of drug-likeness (QED) is 0.362. The molecule has 0 rings (SSSR count). The fourth-order valence-corrected chi connectivity index (χ4v) is 2.62. The van der Waals surface area contributed by atoms with Crippen molar-refractivity contribution in [1.82, 2.24) is 0 Å². The summed E-state index contributed by atoms with van der Waals surface area (Å²) in [6.07, 6.45) is 0.773. The lowest BCUT2D eigenvalue weighted by Crippen LogP contribution is -2.31. The highest BCUT2D eigenvalue weighted by Gasteiger charge is 2.36. The van der Waals surface area contributed by atoms with Crippen molar-refractivity contribution >= 4 is 32.6 Å². The number of hydrogen-bond donors (Lipinski definition) is 4. The van der Waals surface area contributed by atoms with Gasteiger partial charge in [-0.1, -0.05) is 0 Å². The van der Waals surface area contributed by atoms with E-state index in [1.165, 1.54) is 27.7 Å². The molecule has 0 saturated carbocycles. The van der Waals surface area contributed by atoms with E-state index < -0.39 is 30.5 Å².